The zero-order valence-corrected chi connectivity index (χ0v) is 13.9. The summed E-state index contributed by atoms with van der Waals surface area (Å²) in [4.78, 5) is 11.7. The van der Waals surface area contributed by atoms with Crippen LogP contribution in [0.3, 0.4) is 0 Å². The fourth-order valence-electron chi connectivity index (χ4n) is 2.62. The third kappa shape index (κ3) is 3.89. The van der Waals surface area contributed by atoms with E-state index in [1.54, 1.807) is 6.92 Å². The zero-order valence-electron chi connectivity index (χ0n) is 13.0. The molecular formula is C15H18F3NO4S. The van der Waals surface area contributed by atoms with E-state index in [0.29, 0.717) is 19.3 Å². The molecule has 1 aromatic rings. The summed E-state index contributed by atoms with van der Waals surface area (Å²) in [7, 11) is -4.07. The van der Waals surface area contributed by atoms with E-state index in [1.807, 2.05) is 0 Å². The average Bonchev–Trinajstić information content (AvgIpc) is 2.54. The monoisotopic (exact) mass is 365 g/mol. The fraction of sp³-hybridized carbons (Fsp3) is 0.533. The lowest BCUT2D eigenvalue weighted by Gasteiger charge is -2.32. The van der Waals surface area contributed by atoms with E-state index in [2.05, 4.69) is 0 Å². The predicted octanol–water partition coefficient (Wildman–Crippen LogP) is 2.81. The van der Waals surface area contributed by atoms with Gasteiger partial charge in [0.15, 0.2) is 0 Å². The third-order valence-electron chi connectivity index (χ3n) is 3.80. The van der Waals surface area contributed by atoms with Gasteiger partial charge < -0.3 is 4.74 Å². The highest BCUT2D eigenvalue weighted by Gasteiger charge is 2.39. The number of alkyl halides is 3. The molecule has 134 valence electrons. The van der Waals surface area contributed by atoms with Gasteiger partial charge in [-0.2, -0.15) is 17.5 Å². The average molecular weight is 365 g/mol. The Balaban J connectivity index is 2.31. The van der Waals surface area contributed by atoms with Gasteiger partial charge in [0.25, 0.3) is 0 Å². The molecule has 2 rings (SSSR count). The summed E-state index contributed by atoms with van der Waals surface area (Å²) in [5, 5.41) is 0. The number of carbonyl (C=O) groups excluding carboxylic acids is 1. The van der Waals surface area contributed by atoms with Crippen LogP contribution >= 0.6 is 0 Å². The fourth-order valence-corrected chi connectivity index (χ4v) is 4.26. The first-order valence-electron chi connectivity index (χ1n) is 7.53. The number of hydrogen-bond donors (Lipinski definition) is 0. The number of ether oxygens (including phenoxy) is 1. The minimum atomic E-state index is -4.54. The van der Waals surface area contributed by atoms with Crippen LogP contribution in [-0.2, 0) is 25.7 Å². The van der Waals surface area contributed by atoms with Crippen LogP contribution in [0.15, 0.2) is 29.2 Å². The van der Waals surface area contributed by atoms with Crippen molar-refractivity contribution in [3.63, 3.8) is 0 Å². The van der Waals surface area contributed by atoms with E-state index in [1.165, 1.54) is 0 Å². The minimum Gasteiger partial charge on any atom is -0.465 e. The Kier molecular flexibility index (Phi) is 5.54. The number of nitrogens with zero attached hydrogens (tertiary/aromatic N) is 1. The Hall–Kier alpha value is -1.61. The summed E-state index contributed by atoms with van der Waals surface area (Å²) in [6, 6.07) is 2.32. The summed E-state index contributed by atoms with van der Waals surface area (Å²) in [5.74, 6) is -0.632. The van der Waals surface area contributed by atoms with Crippen LogP contribution in [0.1, 0.15) is 31.7 Å². The molecule has 0 bridgehead atoms. The molecule has 1 atom stereocenters. The maximum Gasteiger partial charge on any atom is 0.416 e. The maximum atomic E-state index is 12.7. The Labute approximate surface area is 138 Å². The third-order valence-corrected chi connectivity index (χ3v) is 5.72. The van der Waals surface area contributed by atoms with E-state index in [4.69, 9.17) is 4.74 Å². The quantitative estimate of drug-likeness (QED) is 0.770. The molecule has 9 heteroatoms. The first-order chi connectivity index (χ1) is 11.2. The molecule has 1 fully saturated rings. The molecule has 0 unspecified atom stereocenters. The number of halogens is 3. The van der Waals surface area contributed by atoms with Gasteiger partial charge in [0.1, 0.15) is 6.04 Å². The summed E-state index contributed by atoms with van der Waals surface area (Å²) >= 11 is 0. The standard InChI is InChI=1S/C15H18F3NO4S/c1-2-23-14(20)13-5-3-4-10-19(13)24(21,22)12-8-6-11(7-9-12)15(16,17)18/h6-9,13H,2-5,10H2,1H3/t13-/m1/s1. The summed E-state index contributed by atoms with van der Waals surface area (Å²) in [6.45, 7) is 1.88. The molecule has 1 heterocycles. The van der Waals surface area contributed by atoms with Crippen LogP contribution in [0.5, 0.6) is 0 Å². The lowest BCUT2D eigenvalue weighted by Crippen LogP contribution is -2.48. The lowest BCUT2D eigenvalue weighted by atomic mass is 10.1. The van der Waals surface area contributed by atoms with Crippen molar-refractivity contribution in [2.75, 3.05) is 13.2 Å². The van der Waals surface area contributed by atoms with Gasteiger partial charge in [-0.25, -0.2) is 8.42 Å². The van der Waals surface area contributed by atoms with Gasteiger partial charge in [0, 0.05) is 6.54 Å². The van der Waals surface area contributed by atoms with Gasteiger partial charge in [-0.1, -0.05) is 0 Å². The summed E-state index contributed by atoms with van der Waals surface area (Å²) < 4.78 is 69.2. The van der Waals surface area contributed by atoms with Gasteiger partial charge in [0.2, 0.25) is 10.0 Å². The predicted molar refractivity (Wildman–Crippen MR) is 79.6 cm³/mol. The number of benzene rings is 1. The Bertz CT molecular complexity index is 686. The van der Waals surface area contributed by atoms with Crippen molar-refractivity contribution in [3.05, 3.63) is 29.8 Å². The van der Waals surface area contributed by atoms with Gasteiger partial charge in [-0.15, -0.1) is 0 Å². The van der Waals surface area contributed by atoms with Gasteiger partial charge in [0.05, 0.1) is 17.1 Å². The van der Waals surface area contributed by atoms with Crippen molar-refractivity contribution in [2.24, 2.45) is 0 Å². The highest BCUT2D eigenvalue weighted by atomic mass is 32.2. The number of piperidine rings is 1. The Morgan fingerprint density at radius 1 is 1.25 bits per heavy atom. The van der Waals surface area contributed by atoms with E-state index in [0.717, 1.165) is 28.6 Å². The van der Waals surface area contributed by atoms with Crippen LogP contribution in [-0.4, -0.2) is 37.9 Å². The van der Waals surface area contributed by atoms with Crippen molar-refractivity contribution in [1.82, 2.24) is 4.31 Å². The van der Waals surface area contributed by atoms with E-state index >= 15 is 0 Å². The Morgan fingerprint density at radius 3 is 2.42 bits per heavy atom. The maximum absolute atomic E-state index is 12.7. The molecule has 1 saturated heterocycles. The minimum absolute atomic E-state index is 0.128. The summed E-state index contributed by atoms with van der Waals surface area (Å²) in [5.41, 5.74) is -0.929. The topological polar surface area (TPSA) is 63.7 Å². The molecule has 24 heavy (non-hydrogen) atoms. The second-order valence-electron chi connectivity index (χ2n) is 5.40. The molecule has 0 saturated carbocycles. The van der Waals surface area contributed by atoms with Crippen LogP contribution in [0, 0.1) is 0 Å². The normalized spacial score (nSPS) is 19.9. The molecule has 1 aliphatic rings. The molecule has 0 spiro atoms. The van der Waals surface area contributed by atoms with Gasteiger partial charge in [-0.3, -0.25) is 4.79 Å². The number of carbonyl (C=O) groups is 1. The number of sulfonamides is 1. The smallest absolute Gasteiger partial charge is 0.416 e. The Morgan fingerprint density at radius 2 is 1.88 bits per heavy atom. The van der Waals surface area contributed by atoms with E-state index < -0.39 is 33.8 Å². The van der Waals surface area contributed by atoms with Crippen LogP contribution in [0.4, 0.5) is 13.2 Å². The number of hydrogen-bond acceptors (Lipinski definition) is 4. The highest BCUT2D eigenvalue weighted by molar-refractivity contribution is 7.89. The number of esters is 1. The van der Waals surface area contributed by atoms with Gasteiger partial charge in [-0.05, 0) is 50.5 Å². The highest BCUT2D eigenvalue weighted by Crippen LogP contribution is 2.31. The van der Waals surface area contributed by atoms with Gasteiger partial charge >= 0.3 is 12.1 Å². The van der Waals surface area contributed by atoms with Crippen molar-refractivity contribution < 1.29 is 31.1 Å². The molecule has 0 aromatic heterocycles. The molecule has 1 aliphatic heterocycles. The van der Waals surface area contributed by atoms with Crippen molar-refractivity contribution >= 4 is 16.0 Å². The summed E-state index contributed by atoms with van der Waals surface area (Å²) in [6.07, 6.45) is -2.95. The molecular weight excluding hydrogens is 347 g/mol. The lowest BCUT2D eigenvalue weighted by molar-refractivity contribution is -0.148. The largest absolute Gasteiger partial charge is 0.465 e. The molecule has 1 aromatic carbocycles. The second-order valence-corrected chi connectivity index (χ2v) is 7.29. The van der Waals surface area contributed by atoms with Crippen LogP contribution in [0.2, 0.25) is 0 Å². The molecule has 0 radical (unpaired) electrons. The van der Waals surface area contributed by atoms with Crippen molar-refractivity contribution in [2.45, 2.75) is 43.3 Å². The van der Waals surface area contributed by atoms with Crippen molar-refractivity contribution in [1.29, 1.82) is 0 Å². The number of rotatable bonds is 4. The first kappa shape index (κ1) is 18.7. The second kappa shape index (κ2) is 7.10. The first-order valence-corrected chi connectivity index (χ1v) is 8.97. The van der Waals surface area contributed by atoms with E-state index in [9.17, 15) is 26.4 Å². The van der Waals surface area contributed by atoms with E-state index in [-0.39, 0.29) is 18.0 Å². The van der Waals surface area contributed by atoms with Crippen molar-refractivity contribution in [3.8, 4) is 0 Å². The van der Waals surface area contributed by atoms with Crippen LogP contribution in [0.25, 0.3) is 0 Å². The molecule has 0 N–H and O–H groups in total. The molecule has 0 aliphatic carbocycles. The van der Waals surface area contributed by atoms with Crippen LogP contribution < -0.4 is 0 Å². The zero-order chi connectivity index (χ0) is 18.0. The molecule has 0 amide bonds. The SMILES string of the molecule is CCOC(=O)[C@H]1CCCCN1S(=O)(=O)c1ccc(C(F)(F)F)cc1. The molecule has 5 nitrogen and oxygen atoms in total.